The van der Waals surface area contributed by atoms with Crippen molar-refractivity contribution in [1.29, 1.82) is 0 Å². The van der Waals surface area contributed by atoms with Crippen LogP contribution in [0.5, 0.6) is 0 Å². The first-order valence-electron chi connectivity index (χ1n) is 6.51. The lowest BCUT2D eigenvalue weighted by Gasteiger charge is -2.25. The van der Waals surface area contributed by atoms with Gasteiger partial charge in [0, 0.05) is 26.3 Å². The number of carbonyl (C=O) groups is 1. The van der Waals surface area contributed by atoms with E-state index >= 15 is 0 Å². The molecule has 0 spiro atoms. The number of carbonyl (C=O) groups excluding carboxylic acids is 1. The Balaban J connectivity index is 2.55. The van der Waals surface area contributed by atoms with E-state index in [2.05, 4.69) is 5.32 Å². The molecule has 1 rings (SSSR count). The number of anilines is 1. The van der Waals surface area contributed by atoms with Crippen molar-refractivity contribution in [1.82, 2.24) is 5.32 Å². The van der Waals surface area contributed by atoms with Gasteiger partial charge in [0.1, 0.15) is 0 Å². The zero-order valence-electron chi connectivity index (χ0n) is 12.5. The van der Waals surface area contributed by atoms with Crippen LogP contribution in [0.25, 0.3) is 0 Å². The fourth-order valence-corrected chi connectivity index (χ4v) is 1.60. The van der Waals surface area contributed by atoms with Gasteiger partial charge in [0.2, 0.25) is 5.91 Å². The Bertz CT molecular complexity index is 418. The van der Waals surface area contributed by atoms with Gasteiger partial charge >= 0.3 is 0 Å². The predicted octanol–water partition coefficient (Wildman–Crippen LogP) is 1.74. The van der Waals surface area contributed by atoms with E-state index in [1.54, 1.807) is 0 Å². The minimum absolute atomic E-state index is 0.107. The summed E-state index contributed by atoms with van der Waals surface area (Å²) in [5, 5.41) is 2.88. The Morgan fingerprint density at radius 1 is 1.26 bits per heavy atom. The minimum Gasteiger partial charge on any atom is -0.378 e. The standard InChI is InChI=1S/C15H25N3O/c1-15(2,3)13(16)14(19)17-10-11-6-8-12(9-7-11)18(4)5/h6-9,13H,10,16H2,1-5H3,(H,17,19)/t13-/m1/s1. The minimum atomic E-state index is -0.492. The molecule has 0 unspecified atom stereocenters. The van der Waals surface area contributed by atoms with Crippen molar-refractivity contribution < 1.29 is 4.79 Å². The highest BCUT2D eigenvalue weighted by Gasteiger charge is 2.26. The molecule has 1 aromatic rings. The van der Waals surface area contributed by atoms with Crippen LogP contribution in [0.3, 0.4) is 0 Å². The molecule has 0 fully saturated rings. The fraction of sp³-hybridized carbons (Fsp3) is 0.533. The van der Waals surface area contributed by atoms with E-state index in [0.717, 1.165) is 11.3 Å². The van der Waals surface area contributed by atoms with Gasteiger partial charge in [-0.05, 0) is 23.1 Å². The first-order valence-corrected chi connectivity index (χ1v) is 6.51. The van der Waals surface area contributed by atoms with Gasteiger partial charge in [-0.3, -0.25) is 4.79 Å². The van der Waals surface area contributed by atoms with Crippen LogP contribution in [0.2, 0.25) is 0 Å². The molecule has 1 atom stereocenters. The number of hydrogen-bond donors (Lipinski definition) is 2. The Labute approximate surface area is 116 Å². The molecule has 0 heterocycles. The Morgan fingerprint density at radius 2 is 1.79 bits per heavy atom. The van der Waals surface area contributed by atoms with Crippen LogP contribution in [-0.4, -0.2) is 26.0 Å². The van der Waals surface area contributed by atoms with Crippen molar-refractivity contribution in [2.24, 2.45) is 11.1 Å². The monoisotopic (exact) mass is 263 g/mol. The van der Waals surface area contributed by atoms with Gasteiger partial charge in [0.25, 0.3) is 0 Å². The summed E-state index contributed by atoms with van der Waals surface area (Å²) < 4.78 is 0. The molecule has 0 aliphatic heterocycles. The SMILES string of the molecule is CN(C)c1ccc(CNC(=O)[C@@H](N)C(C)(C)C)cc1. The zero-order valence-corrected chi connectivity index (χ0v) is 12.5. The molecule has 1 amide bonds. The van der Waals surface area contributed by atoms with Gasteiger partial charge in [-0.25, -0.2) is 0 Å². The van der Waals surface area contributed by atoms with Gasteiger partial charge < -0.3 is 16.0 Å². The summed E-state index contributed by atoms with van der Waals surface area (Å²) in [5.74, 6) is -0.107. The number of hydrogen-bond acceptors (Lipinski definition) is 3. The Kier molecular flexibility index (Phi) is 4.95. The molecule has 4 nitrogen and oxygen atoms in total. The largest absolute Gasteiger partial charge is 0.378 e. The third-order valence-electron chi connectivity index (χ3n) is 3.13. The highest BCUT2D eigenvalue weighted by molar-refractivity contribution is 5.82. The number of rotatable bonds is 4. The summed E-state index contributed by atoms with van der Waals surface area (Å²) in [6.07, 6.45) is 0. The average Bonchev–Trinajstić information content (AvgIpc) is 2.34. The third kappa shape index (κ3) is 4.56. The molecule has 4 heteroatoms. The maximum absolute atomic E-state index is 11.9. The molecule has 0 aliphatic rings. The molecular formula is C15H25N3O. The van der Waals surface area contributed by atoms with E-state index in [0.29, 0.717) is 6.54 Å². The van der Waals surface area contributed by atoms with Crippen LogP contribution >= 0.6 is 0 Å². The van der Waals surface area contributed by atoms with Crippen molar-refractivity contribution in [3.05, 3.63) is 29.8 Å². The van der Waals surface area contributed by atoms with Crippen LogP contribution in [-0.2, 0) is 11.3 Å². The summed E-state index contributed by atoms with van der Waals surface area (Å²) in [6, 6.07) is 7.60. The Morgan fingerprint density at radius 3 is 2.21 bits per heavy atom. The number of amides is 1. The summed E-state index contributed by atoms with van der Waals surface area (Å²) >= 11 is 0. The van der Waals surface area contributed by atoms with Crippen molar-refractivity contribution >= 4 is 11.6 Å². The second-order valence-corrected chi connectivity index (χ2v) is 6.12. The van der Waals surface area contributed by atoms with Gasteiger partial charge in [0.05, 0.1) is 6.04 Å². The summed E-state index contributed by atoms with van der Waals surface area (Å²) in [6.45, 7) is 6.39. The number of nitrogens with one attached hydrogen (secondary N) is 1. The van der Waals surface area contributed by atoms with Gasteiger partial charge in [-0.2, -0.15) is 0 Å². The van der Waals surface area contributed by atoms with E-state index in [1.165, 1.54) is 0 Å². The quantitative estimate of drug-likeness (QED) is 0.870. The summed E-state index contributed by atoms with van der Waals surface area (Å²) in [7, 11) is 4.00. The molecule has 0 bridgehead atoms. The molecule has 106 valence electrons. The van der Waals surface area contributed by atoms with E-state index < -0.39 is 6.04 Å². The Hall–Kier alpha value is -1.55. The highest BCUT2D eigenvalue weighted by atomic mass is 16.2. The molecule has 19 heavy (non-hydrogen) atoms. The van der Waals surface area contributed by atoms with Crippen LogP contribution < -0.4 is 16.0 Å². The second kappa shape index (κ2) is 6.06. The molecule has 0 radical (unpaired) electrons. The molecule has 0 saturated carbocycles. The normalized spacial score (nSPS) is 12.9. The lowest BCUT2D eigenvalue weighted by atomic mass is 9.87. The smallest absolute Gasteiger partial charge is 0.237 e. The van der Waals surface area contributed by atoms with Crippen LogP contribution in [0.15, 0.2) is 24.3 Å². The lowest BCUT2D eigenvalue weighted by Crippen LogP contribution is -2.48. The maximum Gasteiger partial charge on any atom is 0.237 e. The lowest BCUT2D eigenvalue weighted by molar-refractivity contribution is -0.124. The van der Waals surface area contributed by atoms with Crippen molar-refractivity contribution in [2.75, 3.05) is 19.0 Å². The van der Waals surface area contributed by atoms with E-state index in [1.807, 2.05) is 64.0 Å². The summed E-state index contributed by atoms with van der Waals surface area (Å²) in [4.78, 5) is 13.9. The fourth-order valence-electron chi connectivity index (χ4n) is 1.60. The number of nitrogens with two attached hydrogens (primary N) is 1. The second-order valence-electron chi connectivity index (χ2n) is 6.12. The summed E-state index contributed by atoms with van der Waals surface area (Å²) in [5.41, 5.74) is 7.89. The first kappa shape index (κ1) is 15.5. The maximum atomic E-state index is 11.9. The van der Waals surface area contributed by atoms with Crippen molar-refractivity contribution in [3.8, 4) is 0 Å². The number of benzene rings is 1. The number of nitrogens with zero attached hydrogens (tertiary/aromatic N) is 1. The molecule has 0 aromatic heterocycles. The van der Waals surface area contributed by atoms with Gasteiger partial charge in [0.15, 0.2) is 0 Å². The average molecular weight is 263 g/mol. The predicted molar refractivity (Wildman–Crippen MR) is 80.0 cm³/mol. The van der Waals surface area contributed by atoms with Gasteiger partial charge in [-0.1, -0.05) is 32.9 Å². The first-order chi connectivity index (χ1) is 8.71. The molecular weight excluding hydrogens is 238 g/mol. The highest BCUT2D eigenvalue weighted by Crippen LogP contribution is 2.17. The van der Waals surface area contributed by atoms with E-state index in [4.69, 9.17) is 5.73 Å². The topological polar surface area (TPSA) is 58.4 Å². The van der Waals surface area contributed by atoms with Crippen LogP contribution in [0, 0.1) is 5.41 Å². The zero-order chi connectivity index (χ0) is 14.6. The van der Waals surface area contributed by atoms with E-state index in [-0.39, 0.29) is 11.3 Å². The van der Waals surface area contributed by atoms with Crippen LogP contribution in [0.1, 0.15) is 26.3 Å². The van der Waals surface area contributed by atoms with Crippen LogP contribution in [0.4, 0.5) is 5.69 Å². The molecule has 3 N–H and O–H groups in total. The van der Waals surface area contributed by atoms with Crippen molar-refractivity contribution in [3.63, 3.8) is 0 Å². The van der Waals surface area contributed by atoms with Gasteiger partial charge in [-0.15, -0.1) is 0 Å². The molecule has 1 aromatic carbocycles. The molecule has 0 saturated heterocycles. The third-order valence-corrected chi connectivity index (χ3v) is 3.13. The van der Waals surface area contributed by atoms with E-state index in [9.17, 15) is 4.79 Å². The van der Waals surface area contributed by atoms with Crippen molar-refractivity contribution in [2.45, 2.75) is 33.4 Å². The molecule has 0 aliphatic carbocycles.